The molecule has 1 heterocycles. The van der Waals surface area contributed by atoms with Gasteiger partial charge in [0.25, 0.3) is 5.91 Å². The fraction of sp³-hybridized carbons (Fsp3) is 0.0556. The lowest BCUT2D eigenvalue weighted by Gasteiger charge is -2.06. The molecule has 0 saturated heterocycles. The third kappa shape index (κ3) is 4.46. The van der Waals surface area contributed by atoms with E-state index in [0.717, 1.165) is 12.1 Å². The number of ether oxygens (including phenoxy) is 1. The molecular formula is C18H12ClFN2O4. The quantitative estimate of drug-likeness (QED) is 0.542. The number of esters is 1. The first-order chi connectivity index (χ1) is 12.5. The Morgan fingerprint density at radius 1 is 1.27 bits per heavy atom. The lowest BCUT2D eigenvalue weighted by Crippen LogP contribution is -2.20. The van der Waals surface area contributed by atoms with E-state index < -0.39 is 24.3 Å². The number of benzene rings is 2. The van der Waals surface area contributed by atoms with Crippen LogP contribution in [0.2, 0.25) is 5.02 Å². The van der Waals surface area contributed by atoms with Crippen molar-refractivity contribution in [1.82, 2.24) is 4.98 Å². The smallest absolute Gasteiger partial charge is 0.331 e. The van der Waals surface area contributed by atoms with Gasteiger partial charge in [-0.05, 0) is 30.3 Å². The molecule has 6 nitrogen and oxygen atoms in total. The van der Waals surface area contributed by atoms with Crippen LogP contribution in [-0.2, 0) is 14.3 Å². The second kappa shape index (κ2) is 7.79. The summed E-state index contributed by atoms with van der Waals surface area (Å²) in [6, 6.07) is 10.9. The molecule has 0 radical (unpaired) electrons. The molecule has 3 rings (SSSR count). The maximum atomic E-state index is 13.6. The number of amides is 1. The number of nitrogens with one attached hydrogen (secondary N) is 1. The van der Waals surface area contributed by atoms with E-state index in [1.54, 1.807) is 18.2 Å². The molecule has 0 fully saturated rings. The molecule has 0 spiro atoms. The van der Waals surface area contributed by atoms with Crippen LogP contribution in [-0.4, -0.2) is 23.5 Å². The highest BCUT2D eigenvalue weighted by Gasteiger charge is 2.10. The van der Waals surface area contributed by atoms with Crippen molar-refractivity contribution in [3.63, 3.8) is 0 Å². The molecule has 0 aliphatic rings. The minimum atomic E-state index is -0.765. The Morgan fingerprint density at radius 3 is 2.85 bits per heavy atom. The minimum Gasteiger partial charge on any atom is -0.452 e. The second-order valence-corrected chi connectivity index (χ2v) is 5.57. The third-order valence-corrected chi connectivity index (χ3v) is 3.46. The number of hydrogen-bond acceptors (Lipinski definition) is 5. The molecule has 0 atom stereocenters. The van der Waals surface area contributed by atoms with Gasteiger partial charge in [0, 0.05) is 17.2 Å². The molecule has 1 aromatic heterocycles. The Balaban J connectivity index is 1.52. The lowest BCUT2D eigenvalue weighted by molar-refractivity contribution is -0.142. The van der Waals surface area contributed by atoms with E-state index >= 15 is 0 Å². The largest absolute Gasteiger partial charge is 0.452 e. The molecule has 1 N–H and O–H groups in total. The fourth-order valence-corrected chi connectivity index (χ4v) is 2.22. The topological polar surface area (TPSA) is 81.4 Å². The van der Waals surface area contributed by atoms with Crippen molar-refractivity contribution < 1.29 is 23.1 Å². The summed E-state index contributed by atoms with van der Waals surface area (Å²) < 4.78 is 23.8. The van der Waals surface area contributed by atoms with Crippen molar-refractivity contribution in [1.29, 1.82) is 0 Å². The lowest BCUT2D eigenvalue weighted by atomic mass is 10.3. The van der Waals surface area contributed by atoms with E-state index in [1.165, 1.54) is 18.2 Å². The van der Waals surface area contributed by atoms with Crippen LogP contribution in [0.15, 0.2) is 53.0 Å². The maximum Gasteiger partial charge on any atom is 0.331 e. The highest BCUT2D eigenvalue weighted by Crippen LogP contribution is 2.19. The zero-order valence-electron chi connectivity index (χ0n) is 13.2. The van der Waals surface area contributed by atoms with Crippen LogP contribution in [0, 0.1) is 5.82 Å². The maximum absolute atomic E-state index is 13.6. The SMILES string of the molecule is O=C(COC(=O)/C=C/c1nc2ccccc2o1)Nc1ccc(Cl)cc1F. The highest BCUT2D eigenvalue weighted by atomic mass is 35.5. The number of anilines is 1. The summed E-state index contributed by atoms with van der Waals surface area (Å²) in [4.78, 5) is 27.5. The van der Waals surface area contributed by atoms with Crippen molar-refractivity contribution in [3.05, 3.63) is 65.3 Å². The monoisotopic (exact) mass is 374 g/mol. The van der Waals surface area contributed by atoms with Crippen molar-refractivity contribution in [2.24, 2.45) is 0 Å². The number of nitrogens with zero attached hydrogens (tertiary/aromatic N) is 1. The Bertz CT molecular complexity index is 967. The number of carbonyl (C=O) groups excluding carboxylic acids is 2. The molecule has 8 heteroatoms. The third-order valence-electron chi connectivity index (χ3n) is 3.22. The molecule has 0 aliphatic heterocycles. The van der Waals surface area contributed by atoms with E-state index in [1.807, 2.05) is 6.07 Å². The number of para-hydroxylation sites is 2. The normalized spacial score (nSPS) is 11.0. The zero-order chi connectivity index (χ0) is 18.5. The van der Waals surface area contributed by atoms with E-state index in [-0.39, 0.29) is 16.6 Å². The summed E-state index contributed by atoms with van der Waals surface area (Å²) in [6.45, 7) is -0.571. The van der Waals surface area contributed by atoms with Crippen LogP contribution in [0.5, 0.6) is 0 Å². The van der Waals surface area contributed by atoms with Gasteiger partial charge in [-0.15, -0.1) is 0 Å². The summed E-state index contributed by atoms with van der Waals surface area (Å²) >= 11 is 5.62. The zero-order valence-corrected chi connectivity index (χ0v) is 14.0. The minimum absolute atomic E-state index is 0.0579. The molecule has 0 aliphatic carbocycles. The van der Waals surface area contributed by atoms with Crippen LogP contribution in [0.25, 0.3) is 17.2 Å². The standard InChI is InChI=1S/C18H12ClFN2O4/c19-11-5-6-13(12(20)9-11)21-16(23)10-25-18(24)8-7-17-22-14-3-1-2-4-15(14)26-17/h1-9H,10H2,(H,21,23)/b8-7+. The molecule has 0 bridgehead atoms. The Labute approximate surface area is 152 Å². The van der Waals surface area contributed by atoms with Gasteiger partial charge < -0.3 is 14.5 Å². The van der Waals surface area contributed by atoms with Gasteiger partial charge in [-0.2, -0.15) is 0 Å². The predicted octanol–water partition coefficient (Wildman–Crippen LogP) is 3.82. The van der Waals surface area contributed by atoms with Gasteiger partial charge in [0.15, 0.2) is 12.2 Å². The van der Waals surface area contributed by atoms with E-state index in [2.05, 4.69) is 10.3 Å². The van der Waals surface area contributed by atoms with Crippen molar-refractivity contribution in [2.45, 2.75) is 0 Å². The Hall–Kier alpha value is -3.19. The molecule has 1 amide bonds. The first kappa shape index (κ1) is 17.6. The molecule has 3 aromatic rings. The van der Waals surface area contributed by atoms with E-state index in [9.17, 15) is 14.0 Å². The molecule has 0 unspecified atom stereocenters. The highest BCUT2D eigenvalue weighted by molar-refractivity contribution is 6.30. The molecule has 0 saturated carbocycles. The van der Waals surface area contributed by atoms with Crippen LogP contribution < -0.4 is 5.32 Å². The number of rotatable bonds is 5. The number of halogens is 2. The van der Waals surface area contributed by atoms with E-state index in [4.69, 9.17) is 20.8 Å². The van der Waals surface area contributed by atoms with Crippen molar-refractivity contribution in [3.8, 4) is 0 Å². The number of aromatic nitrogens is 1. The summed E-state index contributed by atoms with van der Waals surface area (Å²) in [7, 11) is 0. The average Bonchev–Trinajstić information content (AvgIpc) is 3.03. The molecule has 132 valence electrons. The summed E-state index contributed by atoms with van der Waals surface area (Å²) in [5.41, 5.74) is 1.19. The first-order valence-corrected chi connectivity index (χ1v) is 7.84. The summed E-state index contributed by atoms with van der Waals surface area (Å²) in [5.74, 6) is -1.90. The van der Waals surface area contributed by atoms with Gasteiger partial charge in [-0.25, -0.2) is 14.2 Å². The van der Waals surface area contributed by atoms with Crippen LogP contribution in [0.4, 0.5) is 10.1 Å². The fourth-order valence-electron chi connectivity index (χ4n) is 2.06. The average molecular weight is 375 g/mol. The van der Waals surface area contributed by atoms with Gasteiger partial charge in [0.2, 0.25) is 5.89 Å². The van der Waals surface area contributed by atoms with Gasteiger partial charge in [0.1, 0.15) is 11.3 Å². The van der Waals surface area contributed by atoms with Gasteiger partial charge in [-0.3, -0.25) is 4.79 Å². The molecule has 26 heavy (non-hydrogen) atoms. The summed E-state index contributed by atoms with van der Waals surface area (Å²) in [5, 5.41) is 2.48. The van der Waals surface area contributed by atoms with E-state index in [0.29, 0.717) is 11.1 Å². The van der Waals surface area contributed by atoms with Gasteiger partial charge >= 0.3 is 5.97 Å². The number of carbonyl (C=O) groups is 2. The van der Waals surface area contributed by atoms with Crippen molar-refractivity contribution in [2.75, 3.05) is 11.9 Å². The predicted molar refractivity (Wildman–Crippen MR) is 94.0 cm³/mol. The number of fused-ring (bicyclic) bond motifs is 1. The van der Waals surface area contributed by atoms with Gasteiger partial charge in [-0.1, -0.05) is 23.7 Å². The molecular weight excluding hydrogens is 363 g/mol. The van der Waals surface area contributed by atoms with Crippen LogP contribution in [0.1, 0.15) is 5.89 Å². The number of hydrogen-bond donors (Lipinski definition) is 1. The Morgan fingerprint density at radius 2 is 2.08 bits per heavy atom. The molecule has 2 aromatic carbocycles. The van der Waals surface area contributed by atoms with Crippen molar-refractivity contribution >= 4 is 46.3 Å². The van der Waals surface area contributed by atoms with Crippen LogP contribution >= 0.6 is 11.6 Å². The number of oxazole rings is 1. The van der Waals surface area contributed by atoms with Crippen LogP contribution in [0.3, 0.4) is 0 Å². The summed E-state index contributed by atoms with van der Waals surface area (Å²) in [6.07, 6.45) is 2.42. The Kier molecular flexibility index (Phi) is 5.28. The first-order valence-electron chi connectivity index (χ1n) is 7.46. The second-order valence-electron chi connectivity index (χ2n) is 5.13. The van der Waals surface area contributed by atoms with Gasteiger partial charge in [0.05, 0.1) is 5.69 Å².